The lowest BCUT2D eigenvalue weighted by atomic mass is 9.93. The minimum Gasteiger partial charge on any atom is -0.194 e. The van der Waals surface area contributed by atoms with Crippen LogP contribution in [-0.4, -0.2) is 17.8 Å². The smallest absolute Gasteiger partial charge is 0.194 e. The van der Waals surface area contributed by atoms with E-state index in [0.29, 0.717) is 19.5 Å². The molecule has 1 aliphatic carbocycles. The maximum Gasteiger partial charge on any atom is 0.380 e. The molecule has 0 N–H and O–H groups in total. The summed E-state index contributed by atoms with van der Waals surface area (Å²) >= 11 is 8.05. The maximum absolute atomic E-state index is 16.6. The average molecular weight is 809 g/mol. The molecule has 0 saturated carbocycles. The van der Waals surface area contributed by atoms with Crippen molar-refractivity contribution in [2.75, 3.05) is 0 Å². The zero-order valence-electron chi connectivity index (χ0n) is 29.5. The highest BCUT2D eigenvalue weighted by Gasteiger charge is 2.80. The van der Waals surface area contributed by atoms with Gasteiger partial charge in [0.05, 0.1) is 9.75 Å². The molecule has 268 valence electrons. The molecular weight excluding hydrogens is 775 g/mol. The van der Waals surface area contributed by atoms with Crippen molar-refractivity contribution < 1.29 is 26.3 Å². The number of thiophene rings is 6. The fourth-order valence-corrected chi connectivity index (χ4v) is 13.8. The average Bonchev–Trinajstić information content (AvgIpc) is 3.91. The second-order valence-corrected chi connectivity index (χ2v) is 20.4. The van der Waals surface area contributed by atoms with E-state index in [4.69, 9.17) is 0 Å². The first-order valence-corrected chi connectivity index (χ1v) is 21.0. The van der Waals surface area contributed by atoms with E-state index in [1.807, 2.05) is 81.4 Å². The van der Waals surface area contributed by atoms with Gasteiger partial charge in [-0.05, 0) is 127 Å². The summed E-state index contributed by atoms with van der Waals surface area (Å²) in [5, 5.41) is 0. The van der Waals surface area contributed by atoms with Crippen molar-refractivity contribution in [3.63, 3.8) is 0 Å². The highest BCUT2D eigenvalue weighted by molar-refractivity contribution is 7.27. The van der Waals surface area contributed by atoms with Gasteiger partial charge in [-0.2, -0.15) is 26.3 Å². The first kappa shape index (κ1) is 36.9. The van der Waals surface area contributed by atoms with Gasteiger partial charge < -0.3 is 0 Å². The Bertz CT molecular complexity index is 2210. The van der Waals surface area contributed by atoms with Crippen molar-refractivity contribution in [1.82, 2.24) is 0 Å². The van der Waals surface area contributed by atoms with E-state index < -0.39 is 28.9 Å². The highest BCUT2D eigenvalue weighted by atomic mass is 32.1. The number of hydrogen-bond donors (Lipinski definition) is 0. The number of rotatable bonds is 6. The maximum atomic E-state index is 16.6. The van der Waals surface area contributed by atoms with Crippen LogP contribution in [0.1, 0.15) is 64.0 Å². The number of hydrogen-bond acceptors (Lipinski definition) is 6. The number of alkyl halides is 6. The molecule has 0 radical (unpaired) electrons. The van der Waals surface area contributed by atoms with Crippen LogP contribution in [0.4, 0.5) is 26.3 Å². The Kier molecular flexibility index (Phi) is 8.87. The third-order valence-electron chi connectivity index (χ3n) is 10.3. The summed E-state index contributed by atoms with van der Waals surface area (Å²) in [5.74, 6) is -16.0. The summed E-state index contributed by atoms with van der Waals surface area (Å²) in [6.07, 6.45) is 0. The molecule has 7 rings (SSSR count). The topological polar surface area (TPSA) is 0 Å². The molecule has 0 aliphatic heterocycles. The Hall–Kier alpha value is -2.48. The Morgan fingerprint density at radius 3 is 0.980 bits per heavy atom. The minimum atomic E-state index is -5.68. The van der Waals surface area contributed by atoms with Gasteiger partial charge >= 0.3 is 17.8 Å². The summed E-state index contributed by atoms with van der Waals surface area (Å²) in [5.41, 5.74) is 2.66. The van der Waals surface area contributed by atoms with E-state index >= 15 is 26.3 Å². The van der Waals surface area contributed by atoms with Gasteiger partial charge in [0.25, 0.3) is 0 Å². The largest absolute Gasteiger partial charge is 0.380 e. The van der Waals surface area contributed by atoms with Crippen LogP contribution in [0.5, 0.6) is 0 Å². The zero-order chi connectivity index (χ0) is 37.3. The molecule has 6 heterocycles. The fraction of sp³-hybridized carbons (Fsp3) is 0.333. The molecule has 12 heteroatoms. The molecule has 51 heavy (non-hydrogen) atoms. The van der Waals surface area contributed by atoms with E-state index in [0.717, 1.165) is 62.6 Å². The molecule has 0 spiro atoms. The van der Waals surface area contributed by atoms with Crippen molar-refractivity contribution in [1.29, 1.82) is 0 Å². The second-order valence-electron chi connectivity index (χ2n) is 13.4. The van der Waals surface area contributed by atoms with E-state index in [-0.39, 0.29) is 20.9 Å². The summed E-state index contributed by atoms with van der Waals surface area (Å²) in [7, 11) is 0. The van der Waals surface area contributed by atoms with Gasteiger partial charge in [0.1, 0.15) is 0 Å². The van der Waals surface area contributed by atoms with Gasteiger partial charge in [-0.1, -0.05) is 0 Å². The van der Waals surface area contributed by atoms with Crippen LogP contribution < -0.4 is 0 Å². The van der Waals surface area contributed by atoms with Crippen LogP contribution in [0.15, 0.2) is 24.3 Å². The van der Waals surface area contributed by atoms with Gasteiger partial charge in [0, 0.05) is 71.0 Å². The van der Waals surface area contributed by atoms with Gasteiger partial charge in [-0.15, -0.1) is 68.0 Å². The number of halogens is 6. The first-order chi connectivity index (χ1) is 23.7. The molecule has 6 aromatic heterocycles. The monoisotopic (exact) mass is 808 g/mol. The molecule has 1 aliphatic rings. The predicted molar refractivity (Wildman–Crippen MR) is 211 cm³/mol. The Balaban J connectivity index is 1.62. The third-order valence-corrected chi connectivity index (χ3v) is 18.2. The Labute approximate surface area is 317 Å². The highest BCUT2D eigenvalue weighted by Crippen LogP contribution is 2.68. The van der Waals surface area contributed by atoms with Crippen molar-refractivity contribution >= 4 is 79.2 Å². The van der Waals surface area contributed by atoms with Crippen LogP contribution in [-0.2, 0) is 0 Å². The quantitative estimate of drug-likeness (QED) is 0.147. The van der Waals surface area contributed by atoms with Gasteiger partial charge in [-0.25, -0.2) is 0 Å². The van der Waals surface area contributed by atoms with Crippen molar-refractivity contribution in [3.05, 3.63) is 88.3 Å². The van der Waals surface area contributed by atoms with E-state index in [9.17, 15) is 0 Å². The van der Waals surface area contributed by atoms with Crippen LogP contribution in [0.3, 0.4) is 0 Å². The first-order valence-electron chi connectivity index (χ1n) is 16.1. The minimum absolute atomic E-state index is 0.271. The number of allylic oxidation sites excluding steroid dienone is 2. The summed E-state index contributed by atoms with van der Waals surface area (Å²) in [6, 6.07) is 6.56. The summed E-state index contributed by atoms with van der Waals surface area (Å²) in [6.45, 7) is 19.3. The Morgan fingerprint density at radius 2 is 0.706 bits per heavy atom. The van der Waals surface area contributed by atoms with E-state index in [1.54, 1.807) is 0 Å². The molecule has 0 nitrogen and oxygen atoms in total. The Morgan fingerprint density at radius 1 is 0.373 bits per heavy atom. The zero-order valence-corrected chi connectivity index (χ0v) is 34.4. The molecule has 6 aromatic rings. The SMILES string of the molecule is Cc1cc(-c2sc(-c3sc(C)c(C)c3C)cc2C2=C(c3cc(-c4sc(C)c(C)c4C)sc3-c3cc(C)c(C)s3)C(F)(F)C(F)(F)C2(F)F)sc1C. The molecule has 0 saturated heterocycles. The lowest BCUT2D eigenvalue weighted by Crippen LogP contribution is -2.48. The normalized spacial score (nSPS) is 16.6. The van der Waals surface area contributed by atoms with Gasteiger partial charge in [0.15, 0.2) is 0 Å². The van der Waals surface area contributed by atoms with E-state index in [1.165, 1.54) is 80.2 Å². The van der Waals surface area contributed by atoms with Crippen LogP contribution >= 0.6 is 68.0 Å². The van der Waals surface area contributed by atoms with Crippen LogP contribution in [0.25, 0.3) is 50.2 Å². The van der Waals surface area contributed by atoms with Gasteiger partial charge in [-0.3, -0.25) is 0 Å². The summed E-state index contributed by atoms with van der Waals surface area (Å²) < 4.78 is 98.4. The van der Waals surface area contributed by atoms with E-state index in [2.05, 4.69) is 0 Å². The molecule has 0 bridgehead atoms. The molecule has 0 aromatic carbocycles. The third kappa shape index (κ3) is 5.36. The fourth-order valence-electron chi connectivity index (χ4n) is 6.50. The van der Waals surface area contributed by atoms with Crippen LogP contribution in [0, 0.1) is 69.2 Å². The van der Waals surface area contributed by atoms with Crippen molar-refractivity contribution in [3.8, 4) is 39.0 Å². The standard InChI is InChI=1S/C39H34F6S6/c1-15-11-27(46-21(15)7)35-25(13-29(50-35)33-19(5)17(3)23(9)48-33)31-32(38(42,43)39(44,45)37(31,40)41)26-14-30(34-20(6)18(4)24(10)49-34)51-36(26)28-12-16(2)22(8)47-28/h11-14H,1-10H3. The molecule has 0 unspecified atom stereocenters. The second kappa shape index (κ2) is 12.3. The van der Waals surface area contributed by atoms with Crippen molar-refractivity contribution in [2.24, 2.45) is 0 Å². The molecule has 0 atom stereocenters. The molecule has 0 fully saturated rings. The molecule has 0 amide bonds. The van der Waals surface area contributed by atoms with Crippen molar-refractivity contribution in [2.45, 2.75) is 87.0 Å². The van der Waals surface area contributed by atoms with Crippen LogP contribution in [0.2, 0.25) is 0 Å². The van der Waals surface area contributed by atoms with Gasteiger partial charge in [0.2, 0.25) is 0 Å². The lowest BCUT2D eigenvalue weighted by molar-refractivity contribution is -0.254. The summed E-state index contributed by atoms with van der Waals surface area (Å²) in [4.78, 5) is 8.47. The number of aryl methyl sites for hydroxylation is 6. The molecular formula is C39H34F6S6. The predicted octanol–water partition coefficient (Wildman–Crippen LogP) is 15.6. The lowest BCUT2D eigenvalue weighted by Gasteiger charge is -2.25.